The summed E-state index contributed by atoms with van der Waals surface area (Å²) >= 11 is 1.60. The van der Waals surface area contributed by atoms with Gasteiger partial charge in [-0.3, -0.25) is 4.79 Å². The molecule has 0 aliphatic heterocycles. The van der Waals surface area contributed by atoms with Crippen molar-refractivity contribution < 1.29 is 4.79 Å². The average Bonchev–Trinajstić information content (AvgIpc) is 2.36. The fourth-order valence-electron chi connectivity index (χ4n) is 1.43. The molecule has 1 aromatic carbocycles. The van der Waals surface area contributed by atoms with Crippen molar-refractivity contribution in [1.29, 1.82) is 0 Å². The van der Waals surface area contributed by atoms with Gasteiger partial charge >= 0.3 is 0 Å². The zero-order valence-electron chi connectivity index (χ0n) is 11.9. The standard InChI is InChI=1S/C14H22N2OS.ClH/c1-10-5-6-11(2)13(7-10)18-9-14(17)16-8-12(3)15-4;/h5-7,12,15H,8-9H2,1-4H3,(H,16,17);1H. The third-order valence-corrected chi connectivity index (χ3v) is 3.96. The van der Waals surface area contributed by atoms with Crippen LogP contribution < -0.4 is 10.6 Å². The molecule has 0 bridgehead atoms. The van der Waals surface area contributed by atoms with Crippen LogP contribution in [0.15, 0.2) is 23.1 Å². The summed E-state index contributed by atoms with van der Waals surface area (Å²) < 4.78 is 0. The van der Waals surface area contributed by atoms with Gasteiger partial charge in [-0.25, -0.2) is 0 Å². The van der Waals surface area contributed by atoms with E-state index < -0.39 is 0 Å². The number of hydrogen-bond donors (Lipinski definition) is 2. The second-order valence-electron chi connectivity index (χ2n) is 4.55. The number of aryl methyl sites for hydroxylation is 2. The van der Waals surface area contributed by atoms with Gasteiger partial charge in [0, 0.05) is 17.5 Å². The number of rotatable bonds is 6. The second-order valence-corrected chi connectivity index (χ2v) is 5.57. The zero-order chi connectivity index (χ0) is 13.5. The maximum Gasteiger partial charge on any atom is 0.230 e. The van der Waals surface area contributed by atoms with Crippen LogP contribution in [-0.2, 0) is 4.79 Å². The van der Waals surface area contributed by atoms with Crippen molar-refractivity contribution in [3.63, 3.8) is 0 Å². The van der Waals surface area contributed by atoms with Crippen molar-refractivity contribution >= 4 is 30.1 Å². The first-order valence-corrected chi connectivity index (χ1v) is 7.15. The van der Waals surface area contributed by atoms with Gasteiger partial charge in [-0.1, -0.05) is 17.7 Å². The molecule has 3 nitrogen and oxygen atoms in total. The third kappa shape index (κ3) is 6.85. The first-order chi connectivity index (χ1) is 8.52. The van der Waals surface area contributed by atoms with E-state index in [1.165, 1.54) is 16.0 Å². The Morgan fingerprint density at radius 1 is 1.37 bits per heavy atom. The van der Waals surface area contributed by atoms with Crippen LogP contribution >= 0.6 is 24.2 Å². The van der Waals surface area contributed by atoms with Crippen LogP contribution in [0.2, 0.25) is 0 Å². The quantitative estimate of drug-likeness (QED) is 0.794. The Hall–Kier alpha value is -0.710. The number of amides is 1. The lowest BCUT2D eigenvalue weighted by molar-refractivity contribution is -0.118. The predicted octanol–water partition coefficient (Wildman–Crippen LogP) is 2.54. The number of benzene rings is 1. The molecular weight excluding hydrogens is 280 g/mol. The van der Waals surface area contributed by atoms with Gasteiger partial charge < -0.3 is 10.6 Å². The predicted molar refractivity (Wildman–Crippen MR) is 85.4 cm³/mol. The molecule has 0 saturated heterocycles. The highest BCUT2D eigenvalue weighted by Crippen LogP contribution is 2.23. The summed E-state index contributed by atoms with van der Waals surface area (Å²) in [6.07, 6.45) is 0. The molecule has 108 valence electrons. The number of hydrogen-bond acceptors (Lipinski definition) is 3. The fraction of sp³-hybridized carbons (Fsp3) is 0.500. The number of halogens is 1. The van der Waals surface area contributed by atoms with Gasteiger partial charge in [0.05, 0.1) is 5.75 Å². The summed E-state index contributed by atoms with van der Waals surface area (Å²) in [6, 6.07) is 6.62. The highest BCUT2D eigenvalue weighted by atomic mass is 35.5. The van der Waals surface area contributed by atoms with Gasteiger partial charge in [0.15, 0.2) is 0 Å². The maximum atomic E-state index is 11.7. The highest BCUT2D eigenvalue weighted by molar-refractivity contribution is 8.00. The minimum Gasteiger partial charge on any atom is -0.354 e. The number of likely N-dealkylation sites (N-methyl/N-ethyl adjacent to an activating group) is 1. The van der Waals surface area contributed by atoms with Crippen molar-refractivity contribution in [2.75, 3.05) is 19.3 Å². The summed E-state index contributed by atoms with van der Waals surface area (Å²) in [7, 11) is 1.89. The number of thioether (sulfide) groups is 1. The summed E-state index contributed by atoms with van der Waals surface area (Å²) in [5.74, 6) is 0.559. The molecule has 0 saturated carbocycles. The molecule has 0 heterocycles. The maximum absolute atomic E-state index is 11.7. The highest BCUT2D eigenvalue weighted by Gasteiger charge is 2.06. The molecule has 5 heteroatoms. The van der Waals surface area contributed by atoms with Gasteiger partial charge in [-0.15, -0.1) is 24.2 Å². The SMILES string of the molecule is CNC(C)CNC(=O)CSc1cc(C)ccc1C.Cl. The lowest BCUT2D eigenvalue weighted by Gasteiger charge is -2.11. The summed E-state index contributed by atoms with van der Waals surface area (Å²) in [6.45, 7) is 6.85. The fourth-order valence-corrected chi connectivity index (χ4v) is 2.38. The molecular formula is C14H23ClN2OS. The zero-order valence-corrected chi connectivity index (χ0v) is 13.6. The van der Waals surface area contributed by atoms with Crippen molar-refractivity contribution in [2.24, 2.45) is 0 Å². The Kier molecular flexibility index (Phi) is 8.89. The number of carbonyl (C=O) groups is 1. The Morgan fingerprint density at radius 2 is 2.05 bits per heavy atom. The van der Waals surface area contributed by atoms with Crippen LogP contribution in [0.1, 0.15) is 18.1 Å². The van der Waals surface area contributed by atoms with E-state index in [4.69, 9.17) is 0 Å². The monoisotopic (exact) mass is 302 g/mol. The Bertz CT molecular complexity index is 412. The van der Waals surface area contributed by atoms with Gasteiger partial charge in [0.2, 0.25) is 5.91 Å². The van der Waals surface area contributed by atoms with Gasteiger partial charge in [-0.2, -0.15) is 0 Å². The number of carbonyl (C=O) groups excluding carboxylic acids is 1. The molecule has 1 rings (SSSR count). The van der Waals surface area contributed by atoms with E-state index in [0.29, 0.717) is 18.3 Å². The summed E-state index contributed by atoms with van der Waals surface area (Å²) in [4.78, 5) is 12.9. The number of nitrogens with one attached hydrogen (secondary N) is 2. The van der Waals surface area contributed by atoms with Crippen LogP contribution in [0.25, 0.3) is 0 Å². The molecule has 0 aromatic heterocycles. The van der Waals surface area contributed by atoms with E-state index in [2.05, 4.69) is 42.7 Å². The third-order valence-electron chi connectivity index (χ3n) is 2.80. The van der Waals surface area contributed by atoms with Crippen molar-refractivity contribution in [3.05, 3.63) is 29.3 Å². The second kappa shape index (κ2) is 9.23. The Balaban J connectivity index is 0.00000324. The lowest BCUT2D eigenvalue weighted by atomic mass is 10.2. The van der Waals surface area contributed by atoms with Gasteiger partial charge in [0.25, 0.3) is 0 Å². The van der Waals surface area contributed by atoms with Crippen molar-refractivity contribution in [3.8, 4) is 0 Å². The topological polar surface area (TPSA) is 41.1 Å². The van der Waals surface area contributed by atoms with Crippen LogP contribution in [-0.4, -0.2) is 31.3 Å². The normalized spacial score (nSPS) is 11.6. The molecule has 0 fully saturated rings. The minimum absolute atomic E-state index is 0. The van der Waals surface area contributed by atoms with E-state index in [-0.39, 0.29) is 18.3 Å². The van der Waals surface area contributed by atoms with E-state index in [1.807, 2.05) is 14.0 Å². The molecule has 19 heavy (non-hydrogen) atoms. The molecule has 0 radical (unpaired) electrons. The van der Waals surface area contributed by atoms with Crippen LogP contribution in [0, 0.1) is 13.8 Å². The van der Waals surface area contributed by atoms with Gasteiger partial charge in [-0.05, 0) is 39.4 Å². The van der Waals surface area contributed by atoms with Gasteiger partial charge in [0.1, 0.15) is 0 Å². The minimum atomic E-state index is 0. The van der Waals surface area contributed by atoms with Crippen molar-refractivity contribution in [2.45, 2.75) is 31.7 Å². The molecule has 0 aliphatic carbocycles. The summed E-state index contributed by atoms with van der Waals surface area (Å²) in [5.41, 5.74) is 2.45. The molecule has 1 aromatic rings. The molecule has 1 unspecified atom stereocenters. The van der Waals surface area contributed by atoms with Crippen LogP contribution in [0.5, 0.6) is 0 Å². The molecule has 1 amide bonds. The average molecular weight is 303 g/mol. The smallest absolute Gasteiger partial charge is 0.230 e. The molecule has 0 spiro atoms. The first-order valence-electron chi connectivity index (χ1n) is 6.17. The largest absolute Gasteiger partial charge is 0.354 e. The Labute approximate surface area is 126 Å². The van der Waals surface area contributed by atoms with E-state index in [9.17, 15) is 4.79 Å². The van der Waals surface area contributed by atoms with E-state index in [1.54, 1.807) is 11.8 Å². The summed E-state index contributed by atoms with van der Waals surface area (Å²) in [5, 5.41) is 6.00. The Morgan fingerprint density at radius 3 is 2.68 bits per heavy atom. The van der Waals surface area contributed by atoms with Crippen molar-refractivity contribution in [1.82, 2.24) is 10.6 Å². The van der Waals surface area contributed by atoms with E-state index >= 15 is 0 Å². The lowest BCUT2D eigenvalue weighted by Crippen LogP contribution is -2.37. The molecule has 0 aliphatic rings. The van der Waals surface area contributed by atoms with Crippen LogP contribution in [0.4, 0.5) is 0 Å². The first kappa shape index (κ1) is 18.3. The van der Waals surface area contributed by atoms with Crippen LogP contribution in [0.3, 0.4) is 0 Å². The molecule has 1 atom stereocenters. The van der Waals surface area contributed by atoms with E-state index in [0.717, 1.165) is 0 Å². The molecule has 2 N–H and O–H groups in total.